The summed E-state index contributed by atoms with van der Waals surface area (Å²) in [5.41, 5.74) is 0. The van der Waals surface area contributed by atoms with Crippen molar-refractivity contribution >= 4 is 33.3 Å². The zero-order valence-electron chi connectivity index (χ0n) is 13.1. The van der Waals surface area contributed by atoms with Crippen molar-refractivity contribution in [2.24, 2.45) is 5.92 Å². The van der Waals surface area contributed by atoms with Crippen LogP contribution in [0.1, 0.15) is 32.1 Å². The van der Waals surface area contributed by atoms with Crippen molar-refractivity contribution in [2.45, 2.75) is 40.2 Å². The lowest BCUT2D eigenvalue weighted by Crippen LogP contribution is -2.30. The van der Waals surface area contributed by atoms with Crippen LogP contribution in [-0.2, 0) is 0 Å². The number of hydrogen-bond acceptors (Lipinski definition) is 6. The van der Waals surface area contributed by atoms with Gasteiger partial charge < -0.3 is 15.7 Å². The van der Waals surface area contributed by atoms with Crippen LogP contribution in [0, 0.1) is 12.8 Å². The molecule has 0 amide bonds. The van der Waals surface area contributed by atoms with Gasteiger partial charge in [-0.05, 0) is 25.3 Å². The zero-order valence-corrected chi connectivity index (χ0v) is 13.9. The molecule has 1 atom stereocenters. The monoisotopic (exact) mass is 308 g/mol. The van der Waals surface area contributed by atoms with E-state index in [1.165, 1.54) is 4.88 Å². The molecule has 0 spiro atoms. The molecule has 21 heavy (non-hydrogen) atoms. The van der Waals surface area contributed by atoms with E-state index in [9.17, 15) is 5.11 Å². The lowest BCUT2D eigenvalue weighted by molar-refractivity contribution is 0.249. The Morgan fingerprint density at radius 3 is 2.71 bits per heavy atom. The number of thiophene rings is 1. The van der Waals surface area contributed by atoms with Crippen molar-refractivity contribution in [3.8, 4) is 0 Å². The topological polar surface area (TPSA) is 70.1 Å². The molecule has 0 saturated heterocycles. The Labute approximate surface area is 129 Å². The van der Waals surface area contributed by atoms with Crippen LogP contribution in [0.4, 0.5) is 11.8 Å². The number of hydrogen-bond donors (Lipinski definition) is 3. The van der Waals surface area contributed by atoms with Gasteiger partial charge in [-0.15, -0.1) is 11.3 Å². The maximum Gasteiger partial charge on any atom is 0.226 e. The predicted octanol–water partition coefficient (Wildman–Crippen LogP) is 3.25. The Morgan fingerprint density at radius 2 is 2.10 bits per heavy atom. The highest BCUT2D eigenvalue weighted by molar-refractivity contribution is 7.18. The summed E-state index contributed by atoms with van der Waals surface area (Å²) in [6.07, 6.45) is 1.03. The maximum atomic E-state index is 9.53. The highest BCUT2D eigenvalue weighted by atomic mass is 32.1. The molecule has 0 radical (unpaired) electrons. The smallest absolute Gasteiger partial charge is 0.226 e. The standard InChI is InChI=1S/C15H24N4OS/c1-5-6-16-15-18-13(17-12(8-20)9(2)3)11-7-10(4)21-14(11)19-15/h7,9,12,20H,5-6,8H2,1-4H3,(H2,16,17,18,19). The molecule has 0 aliphatic carbocycles. The van der Waals surface area contributed by atoms with Crippen molar-refractivity contribution in [1.82, 2.24) is 9.97 Å². The van der Waals surface area contributed by atoms with Crippen molar-refractivity contribution in [3.05, 3.63) is 10.9 Å². The van der Waals surface area contributed by atoms with E-state index in [-0.39, 0.29) is 12.6 Å². The van der Waals surface area contributed by atoms with E-state index in [2.05, 4.69) is 54.4 Å². The van der Waals surface area contributed by atoms with E-state index < -0.39 is 0 Å². The van der Waals surface area contributed by atoms with Gasteiger partial charge >= 0.3 is 0 Å². The number of nitrogens with one attached hydrogen (secondary N) is 2. The molecule has 2 rings (SSSR count). The van der Waals surface area contributed by atoms with Crippen LogP contribution in [-0.4, -0.2) is 34.3 Å². The van der Waals surface area contributed by atoms with Gasteiger partial charge in [0.1, 0.15) is 10.6 Å². The molecule has 5 nitrogen and oxygen atoms in total. The number of nitrogens with zero attached hydrogens (tertiary/aromatic N) is 2. The molecule has 2 aromatic heterocycles. The molecule has 3 N–H and O–H groups in total. The van der Waals surface area contributed by atoms with Gasteiger partial charge in [-0.1, -0.05) is 20.8 Å². The summed E-state index contributed by atoms with van der Waals surface area (Å²) in [4.78, 5) is 11.3. The van der Waals surface area contributed by atoms with Gasteiger partial charge in [0.15, 0.2) is 0 Å². The first-order valence-electron chi connectivity index (χ1n) is 7.44. The predicted molar refractivity (Wildman–Crippen MR) is 90.3 cm³/mol. The van der Waals surface area contributed by atoms with Gasteiger partial charge in [0.05, 0.1) is 18.0 Å². The summed E-state index contributed by atoms with van der Waals surface area (Å²) < 4.78 is 0. The number of fused-ring (bicyclic) bond motifs is 1. The van der Waals surface area contributed by atoms with Crippen molar-refractivity contribution in [2.75, 3.05) is 23.8 Å². The van der Waals surface area contributed by atoms with Crippen molar-refractivity contribution < 1.29 is 5.11 Å². The Kier molecular flexibility index (Phi) is 5.36. The van der Waals surface area contributed by atoms with E-state index in [4.69, 9.17) is 0 Å². The molecular weight excluding hydrogens is 284 g/mol. The molecule has 0 aliphatic rings. The summed E-state index contributed by atoms with van der Waals surface area (Å²) in [6.45, 7) is 9.29. The van der Waals surface area contributed by atoms with Crippen molar-refractivity contribution in [3.63, 3.8) is 0 Å². The lowest BCUT2D eigenvalue weighted by atomic mass is 10.1. The molecule has 0 bridgehead atoms. The number of rotatable bonds is 7. The summed E-state index contributed by atoms with van der Waals surface area (Å²) in [5, 5.41) is 17.2. The Bertz CT molecular complexity index is 597. The molecule has 0 saturated carbocycles. The first kappa shape index (κ1) is 16.0. The fourth-order valence-electron chi connectivity index (χ4n) is 2.07. The zero-order chi connectivity index (χ0) is 15.4. The van der Waals surface area contributed by atoms with E-state index in [1.54, 1.807) is 11.3 Å². The highest BCUT2D eigenvalue weighted by Gasteiger charge is 2.16. The summed E-state index contributed by atoms with van der Waals surface area (Å²) in [5.74, 6) is 1.77. The largest absolute Gasteiger partial charge is 0.394 e. The molecular formula is C15H24N4OS. The van der Waals surface area contributed by atoms with Gasteiger partial charge in [-0.3, -0.25) is 0 Å². The SMILES string of the molecule is CCCNc1nc(NC(CO)C(C)C)c2cc(C)sc2n1. The number of aromatic nitrogens is 2. The van der Waals surface area contributed by atoms with Gasteiger partial charge in [0.25, 0.3) is 0 Å². The van der Waals surface area contributed by atoms with Gasteiger partial charge in [-0.2, -0.15) is 4.98 Å². The molecule has 0 aromatic carbocycles. The van der Waals surface area contributed by atoms with Crippen molar-refractivity contribution in [1.29, 1.82) is 0 Å². The Balaban J connectivity index is 2.38. The van der Waals surface area contributed by atoms with Crippen LogP contribution in [0.3, 0.4) is 0 Å². The third-order valence-corrected chi connectivity index (χ3v) is 4.32. The summed E-state index contributed by atoms with van der Waals surface area (Å²) in [6, 6.07) is 2.09. The van der Waals surface area contributed by atoms with E-state index in [0.717, 1.165) is 29.0 Å². The van der Waals surface area contributed by atoms with Crippen LogP contribution in [0.2, 0.25) is 0 Å². The third-order valence-electron chi connectivity index (χ3n) is 3.37. The maximum absolute atomic E-state index is 9.53. The van der Waals surface area contributed by atoms with E-state index in [1.807, 2.05) is 0 Å². The second-order valence-corrected chi connectivity index (χ2v) is 6.81. The average molecular weight is 308 g/mol. The summed E-state index contributed by atoms with van der Waals surface area (Å²) >= 11 is 1.66. The minimum Gasteiger partial charge on any atom is -0.394 e. The molecule has 1 unspecified atom stereocenters. The highest BCUT2D eigenvalue weighted by Crippen LogP contribution is 2.30. The number of aryl methyl sites for hydroxylation is 1. The molecule has 116 valence electrons. The number of aliphatic hydroxyl groups is 1. The summed E-state index contributed by atoms with van der Waals surface area (Å²) in [7, 11) is 0. The minimum absolute atomic E-state index is 0.0117. The Morgan fingerprint density at radius 1 is 1.33 bits per heavy atom. The average Bonchev–Trinajstić information content (AvgIpc) is 2.82. The fraction of sp³-hybridized carbons (Fsp3) is 0.600. The molecule has 2 aromatic rings. The first-order chi connectivity index (χ1) is 10.0. The molecule has 6 heteroatoms. The van der Waals surface area contributed by atoms with Crippen LogP contribution >= 0.6 is 11.3 Å². The van der Waals surface area contributed by atoms with E-state index >= 15 is 0 Å². The molecule has 0 fully saturated rings. The van der Waals surface area contributed by atoms with Gasteiger partial charge in [-0.25, -0.2) is 4.98 Å². The van der Waals surface area contributed by atoms with Gasteiger partial charge in [0, 0.05) is 11.4 Å². The van der Waals surface area contributed by atoms with Crippen LogP contribution < -0.4 is 10.6 Å². The number of anilines is 2. The first-order valence-corrected chi connectivity index (χ1v) is 8.26. The second kappa shape index (κ2) is 7.04. The van der Waals surface area contributed by atoms with Crippen LogP contribution in [0.5, 0.6) is 0 Å². The quantitative estimate of drug-likeness (QED) is 0.732. The third kappa shape index (κ3) is 3.83. The van der Waals surface area contributed by atoms with Crippen LogP contribution in [0.25, 0.3) is 10.2 Å². The lowest BCUT2D eigenvalue weighted by Gasteiger charge is -2.21. The van der Waals surface area contributed by atoms with Gasteiger partial charge in [0.2, 0.25) is 5.95 Å². The molecule has 0 aliphatic heterocycles. The normalized spacial score (nSPS) is 12.9. The number of aliphatic hydroxyl groups excluding tert-OH is 1. The second-order valence-electron chi connectivity index (χ2n) is 5.58. The van der Waals surface area contributed by atoms with E-state index in [0.29, 0.717) is 11.9 Å². The molecule has 2 heterocycles. The minimum atomic E-state index is -0.0117. The Hall–Kier alpha value is -1.40. The van der Waals surface area contributed by atoms with Crippen LogP contribution in [0.15, 0.2) is 6.07 Å². The fourth-order valence-corrected chi connectivity index (χ4v) is 2.95.